The van der Waals surface area contributed by atoms with Crippen LogP contribution in [-0.2, 0) is 6.54 Å². The first kappa shape index (κ1) is 13.7. The molecule has 2 aromatic carbocycles. The Morgan fingerprint density at radius 1 is 1.00 bits per heavy atom. The summed E-state index contributed by atoms with van der Waals surface area (Å²) < 4.78 is 7.35. The third-order valence-corrected chi connectivity index (χ3v) is 3.86. The van der Waals surface area contributed by atoms with Gasteiger partial charge >= 0.3 is 0 Å². The highest BCUT2D eigenvalue weighted by Crippen LogP contribution is 2.28. The van der Waals surface area contributed by atoms with Gasteiger partial charge in [0.1, 0.15) is 5.75 Å². The lowest BCUT2D eigenvalue weighted by molar-refractivity contribution is 0.277. The molecule has 0 unspecified atom stereocenters. The van der Waals surface area contributed by atoms with Gasteiger partial charge in [-0.15, -0.1) is 0 Å². The number of rotatable bonds is 4. The molecule has 21 heavy (non-hydrogen) atoms. The maximum Gasteiger partial charge on any atom is 0.118 e. The predicted molar refractivity (Wildman–Crippen MR) is 85.7 cm³/mol. The molecule has 3 nitrogen and oxygen atoms in total. The standard InChI is InChI=1S/C18H19NO2/c1-13-11-16-4-3-15(12-18(16)19(13)9-10-20)14-5-7-17(21-2)8-6-14/h3-8,11-12,20H,9-10H2,1-2H3. The Morgan fingerprint density at radius 2 is 1.71 bits per heavy atom. The minimum atomic E-state index is 0.150. The molecule has 3 heteroatoms. The fourth-order valence-electron chi connectivity index (χ4n) is 2.75. The highest BCUT2D eigenvalue weighted by Gasteiger charge is 2.07. The zero-order valence-corrected chi connectivity index (χ0v) is 12.3. The summed E-state index contributed by atoms with van der Waals surface area (Å²) in [6, 6.07) is 16.7. The van der Waals surface area contributed by atoms with Crippen LogP contribution in [-0.4, -0.2) is 23.4 Å². The van der Waals surface area contributed by atoms with E-state index < -0.39 is 0 Å². The van der Waals surface area contributed by atoms with Gasteiger partial charge in [0.25, 0.3) is 0 Å². The second-order valence-corrected chi connectivity index (χ2v) is 5.16. The minimum Gasteiger partial charge on any atom is -0.497 e. The highest BCUT2D eigenvalue weighted by atomic mass is 16.5. The Kier molecular flexibility index (Phi) is 3.67. The predicted octanol–water partition coefficient (Wildman–Crippen LogP) is 3.62. The van der Waals surface area contributed by atoms with Crippen molar-refractivity contribution in [1.29, 1.82) is 0 Å². The summed E-state index contributed by atoms with van der Waals surface area (Å²) in [4.78, 5) is 0. The molecule has 3 rings (SSSR count). The van der Waals surface area contributed by atoms with Gasteiger partial charge in [0.05, 0.1) is 13.7 Å². The van der Waals surface area contributed by atoms with Crippen molar-refractivity contribution < 1.29 is 9.84 Å². The molecule has 0 aliphatic carbocycles. The van der Waals surface area contributed by atoms with Crippen LogP contribution in [0.4, 0.5) is 0 Å². The Hall–Kier alpha value is -2.26. The Morgan fingerprint density at radius 3 is 2.38 bits per heavy atom. The second kappa shape index (κ2) is 5.62. The lowest BCUT2D eigenvalue weighted by atomic mass is 10.0. The van der Waals surface area contributed by atoms with Gasteiger partial charge in [-0.2, -0.15) is 0 Å². The average molecular weight is 281 g/mol. The van der Waals surface area contributed by atoms with Gasteiger partial charge in [-0.3, -0.25) is 0 Å². The first-order valence-corrected chi connectivity index (χ1v) is 7.08. The van der Waals surface area contributed by atoms with Crippen molar-refractivity contribution >= 4 is 10.9 Å². The molecule has 0 fully saturated rings. The molecule has 108 valence electrons. The summed E-state index contributed by atoms with van der Waals surface area (Å²) in [7, 11) is 1.67. The van der Waals surface area contributed by atoms with Crippen LogP contribution in [0.25, 0.3) is 22.0 Å². The molecule has 0 aliphatic rings. The molecule has 0 atom stereocenters. The van der Waals surface area contributed by atoms with E-state index in [4.69, 9.17) is 4.74 Å². The highest BCUT2D eigenvalue weighted by molar-refractivity contribution is 5.86. The second-order valence-electron chi connectivity index (χ2n) is 5.16. The molecule has 1 N–H and O–H groups in total. The number of nitrogens with zero attached hydrogens (tertiary/aromatic N) is 1. The van der Waals surface area contributed by atoms with E-state index in [0.29, 0.717) is 6.54 Å². The quantitative estimate of drug-likeness (QED) is 0.792. The first-order chi connectivity index (χ1) is 10.2. The SMILES string of the molecule is COc1ccc(-c2ccc3cc(C)n(CCO)c3c2)cc1. The molecular formula is C18H19NO2. The van der Waals surface area contributed by atoms with E-state index >= 15 is 0 Å². The maximum atomic E-state index is 9.23. The molecule has 0 bridgehead atoms. The van der Waals surface area contributed by atoms with Crippen molar-refractivity contribution in [2.45, 2.75) is 13.5 Å². The minimum absolute atomic E-state index is 0.150. The third kappa shape index (κ3) is 2.52. The lowest BCUT2D eigenvalue weighted by Gasteiger charge is -2.08. The van der Waals surface area contributed by atoms with Crippen LogP contribution < -0.4 is 4.74 Å². The largest absolute Gasteiger partial charge is 0.497 e. The molecule has 0 saturated carbocycles. The number of ether oxygens (including phenoxy) is 1. The van der Waals surface area contributed by atoms with Crippen molar-refractivity contribution in [1.82, 2.24) is 4.57 Å². The van der Waals surface area contributed by atoms with Crippen molar-refractivity contribution in [3.05, 3.63) is 54.2 Å². The van der Waals surface area contributed by atoms with E-state index in [1.54, 1.807) is 7.11 Å². The van der Waals surface area contributed by atoms with Gasteiger partial charge in [-0.1, -0.05) is 24.3 Å². The molecule has 0 aliphatic heterocycles. The number of aryl methyl sites for hydroxylation is 1. The maximum absolute atomic E-state index is 9.23. The van der Waals surface area contributed by atoms with E-state index in [-0.39, 0.29) is 6.61 Å². The van der Waals surface area contributed by atoms with E-state index in [0.717, 1.165) is 16.8 Å². The van der Waals surface area contributed by atoms with Crippen LogP contribution in [0.2, 0.25) is 0 Å². The summed E-state index contributed by atoms with van der Waals surface area (Å²) >= 11 is 0. The van der Waals surface area contributed by atoms with E-state index in [2.05, 4.69) is 47.9 Å². The van der Waals surface area contributed by atoms with Gasteiger partial charge in [-0.25, -0.2) is 0 Å². The molecule has 0 amide bonds. The Labute approximate surface area is 124 Å². The first-order valence-electron chi connectivity index (χ1n) is 7.08. The number of methoxy groups -OCH3 is 1. The van der Waals surface area contributed by atoms with Gasteiger partial charge < -0.3 is 14.4 Å². The van der Waals surface area contributed by atoms with Crippen LogP contribution in [0.3, 0.4) is 0 Å². The number of aromatic nitrogens is 1. The molecule has 1 heterocycles. The summed E-state index contributed by atoms with van der Waals surface area (Å²) in [5, 5.41) is 10.4. The van der Waals surface area contributed by atoms with E-state index in [1.807, 2.05) is 12.1 Å². The third-order valence-electron chi connectivity index (χ3n) is 3.86. The number of fused-ring (bicyclic) bond motifs is 1. The lowest BCUT2D eigenvalue weighted by Crippen LogP contribution is -2.03. The number of hydrogen-bond donors (Lipinski definition) is 1. The molecule has 1 aromatic heterocycles. The fourth-order valence-corrected chi connectivity index (χ4v) is 2.75. The van der Waals surface area contributed by atoms with Crippen LogP contribution in [0, 0.1) is 6.92 Å². The van der Waals surface area contributed by atoms with Gasteiger partial charge in [0.15, 0.2) is 0 Å². The summed E-state index contributed by atoms with van der Waals surface area (Å²) in [5.74, 6) is 0.860. The molecule has 0 spiro atoms. The van der Waals surface area contributed by atoms with Crippen LogP contribution in [0.1, 0.15) is 5.69 Å². The Balaban J connectivity index is 2.08. The monoisotopic (exact) mass is 281 g/mol. The van der Waals surface area contributed by atoms with E-state index in [1.165, 1.54) is 16.6 Å². The summed E-state index contributed by atoms with van der Waals surface area (Å²) in [5.41, 5.74) is 4.66. The van der Waals surface area contributed by atoms with Gasteiger partial charge in [-0.05, 0) is 47.7 Å². The van der Waals surface area contributed by atoms with E-state index in [9.17, 15) is 5.11 Å². The molecule has 0 saturated heterocycles. The normalized spacial score (nSPS) is 11.0. The van der Waals surface area contributed by atoms with Crippen LogP contribution in [0.15, 0.2) is 48.5 Å². The molecule has 3 aromatic rings. The van der Waals surface area contributed by atoms with Gasteiger partial charge in [0.2, 0.25) is 0 Å². The number of aliphatic hydroxyl groups is 1. The van der Waals surface area contributed by atoms with Crippen LogP contribution >= 0.6 is 0 Å². The zero-order chi connectivity index (χ0) is 14.8. The number of benzene rings is 2. The number of hydrogen-bond acceptors (Lipinski definition) is 2. The fraction of sp³-hybridized carbons (Fsp3) is 0.222. The zero-order valence-electron chi connectivity index (χ0n) is 12.3. The van der Waals surface area contributed by atoms with Crippen molar-refractivity contribution in [2.75, 3.05) is 13.7 Å². The van der Waals surface area contributed by atoms with Crippen LogP contribution in [0.5, 0.6) is 5.75 Å². The molecular weight excluding hydrogens is 262 g/mol. The Bertz CT molecular complexity index is 757. The average Bonchev–Trinajstić information content (AvgIpc) is 2.83. The van der Waals surface area contributed by atoms with Crippen molar-refractivity contribution in [3.63, 3.8) is 0 Å². The summed E-state index contributed by atoms with van der Waals surface area (Å²) in [6.07, 6.45) is 0. The number of aliphatic hydroxyl groups excluding tert-OH is 1. The smallest absolute Gasteiger partial charge is 0.118 e. The summed E-state index contributed by atoms with van der Waals surface area (Å²) in [6.45, 7) is 2.85. The molecule has 0 radical (unpaired) electrons. The van der Waals surface area contributed by atoms with Crippen molar-refractivity contribution in [3.8, 4) is 16.9 Å². The van der Waals surface area contributed by atoms with Gasteiger partial charge in [0, 0.05) is 17.8 Å². The topological polar surface area (TPSA) is 34.4 Å². The van der Waals surface area contributed by atoms with Crippen molar-refractivity contribution in [2.24, 2.45) is 0 Å².